The molecule has 2 N–H and O–H groups in total. The first-order valence-corrected chi connectivity index (χ1v) is 9.09. The zero-order valence-corrected chi connectivity index (χ0v) is 18.4. The van der Waals surface area contributed by atoms with Gasteiger partial charge in [0.05, 0.1) is 12.7 Å². The van der Waals surface area contributed by atoms with E-state index in [0.29, 0.717) is 26.4 Å². The fraction of sp³-hybridized carbons (Fsp3) is 0.632. The van der Waals surface area contributed by atoms with E-state index >= 15 is 0 Å². The lowest BCUT2D eigenvalue weighted by atomic mass is 10.1. The Morgan fingerprint density at radius 1 is 1.31 bits per heavy atom. The molecule has 1 atom stereocenters. The van der Waals surface area contributed by atoms with Crippen LogP contribution in [0.2, 0.25) is 0 Å². The standard InChI is InChI=1S/C19H31N3O3.HI/c1-4-23-10-11-25-18-12-15(2)7-8-16(18)13-21-19(20-3)22-14-17-6-5-9-24-17;/h7-8,12,17H,4-6,9-11,13-14H2,1-3H3,(H2,20,21,22);1H. The summed E-state index contributed by atoms with van der Waals surface area (Å²) in [6.07, 6.45) is 2.54. The van der Waals surface area contributed by atoms with Gasteiger partial charge in [-0.05, 0) is 38.3 Å². The molecule has 7 heteroatoms. The van der Waals surface area contributed by atoms with Crippen molar-refractivity contribution >= 4 is 29.9 Å². The van der Waals surface area contributed by atoms with E-state index in [-0.39, 0.29) is 30.1 Å². The van der Waals surface area contributed by atoms with Crippen molar-refractivity contribution in [1.29, 1.82) is 0 Å². The quantitative estimate of drug-likeness (QED) is 0.248. The summed E-state index contributed by atoms with van der Waals surface area (Å²) in [5.41, 5.74) is 2.28. The van der Waals surface area contributed by atoms with Crippen LogP contribution in [0.15, 0.2) is 23.2 Å². The van der Waals surface area contributed by atoms with Crippen LogP contribution in [0.3, 0.4) is 0 Å². The monoisotopic (exact) mass is 477 g/mol. The van der Waals surface area contributed by atoms with E-state index in [4.69, 9.17) is 14.2 Å². The average Bonchev–Trinajstić information content (AvgIpc) is 3.14. The number of rotatable bonds is 9. The number of hydrogen-bond acceptors (Lipinski definition) is 4. The van der Waals surface area contributed by atoms with E-state index in [1.165, 1.54) is 5.56 Å². The summed E-state index contributed by atoms with van der Waals surface area (Å²) in [5.74, 6) is 1.66. The van der Waals surface area contributed by atoms with Gasteiger partial charge in [-0.25, -0.2) is 0 Å². The smallest absolute Gasteiger partial charge is 0.191 e. The number of nitrogens with zero attached hydrogens (tertiary/aromatic N) is 1. The minimum Gasteiger partial charge on any atom is -0.491 e. The molecule has 1 aliphatic heterocycles. The molecule has 1 heterocycles. The minimum absolute atomic E-state index is 0. The topological polar surface area (TPSA) is 64.1 Å². The van der Waals surface area contributed by atoms with Gasteiger partial charge in [-0.2, -0.15) is 0 Å². The van der Waals surface area contributed by atoms with Crippen LogP contribution >= 0.6 is 24.0 Å². The molecule has 1 unspecified atom stereocenters. The third-order valence-electron chi connectivity index (χ3n) is 4.10. The second kappa shape index (κ2) is 13.2. The highest BCUT2D eigenvalue weighted by atomic mass is 127. The number of guanidine groups is 1. The zero-order valence-electron chi connectivity index (χ0n) is 16.0. The van der Waals surface area contributed by atoms with Gasteiger partial charge in [0.1, 0.15) is 12.4 Å². The number of aliphatic imine (C=N–C) groups is 1. The predicted octanol–water partition coefficient (Wildman–Crippen LogP) is 2.87. The molecular formula is C19H32IN3O3. The Hall–Kier alpha value is -1.06. The van der Waals surface area contributed by atoms with E-state index < -0.39 is 0 Å². The van der Waals surface area contributed by atoms with Gasteiger partial charge in [-0.1, -0.05) is 12.1 Å². The molecule has 2 rings (SSSR count). The highest BCUT2D eigenvalue weighted by Gasteiger charge is 2.15. The van der Waals surface area contributed by atoms with Crippen molar-refractivity contribution in [2.75, 3.05) is 40.0 Å². The lowest BCUT2D eigenvalue weighted by molar-refractivity contribution is 0.110. The van der Waals surface area contributed by atoms with Gasteiger partial charge in [0.25, 0.3) is 0 Å². The number of aryl methyl sites for hydroxylation is 1. The normalized spacial score (nSPS) is 16.9. The maximum atomic E-state index is 5.88. The molecule has 6 nitrogen and oxygen atoms in total. The molecular weight excluding hydrogens is 445 g/mol. The van der Waals surface area contributed by atoms with Crippen LogP contribution in [0.25, 0.3) is 0 Å². The molecule has 0 radical (unpaired) electrons. The van der Waals surface area contributed by atoms with Crippen molar-refractivity contribution in [2.45, 2.75) is 39.3 Å². The highest BCUT2D eigenvalue weighted by Crippen LogP contribution is 2.20. The second-order valence-electron chi connectivity index (χ2n) is 6.10. The fourth-order valence-corrected chi connectivity index (χ4v) is 2.71. The third kappa shape index (κ3) is 8.09. The molecule has 0 spiro atoms. The molecule has 0 bridgehead atoms. The maximum Gasteiger partial charge on any atom is 0.191 e. The van der Waals surface area contributed by atoms with Gasteiger partial charge in [0, 0.05) is 38.9 Å². The van der Waals surface area contributed by atoms with Crippen molar-refractivity contribution in [1.82, 2.24) is 10.6 Å². The van der Waals surface area contributed by atoms with Crippen LogP contribution < -0.4 is 15.4 Å². The Balaban J connectivity index is 0.00000338. The Morgan fingerprint density at radius 2 is 2.15 bits per heavy atom. The van der Waals surface area contributed by atoms with Crippen molar-refractivity contribution in [3.8, 4) is 5.75 Å². The highest BCUT2D eigenvalue weighted by molar-refractivity contribution is 14.0. The van der Waals surface area contributed by atoms with Crippen LogP contribution in [0, 0.1) is 6.92 Å². The van der Waals surface area contributed by atoms with Crippen molar-refractivity contribution in [3.05, 3.63) is 29.3 Å². The Morgan fingerprint density at radius 3 is 2.85 bits per heavy atom. The molecule has 26 heavy (non-hydrogen) atoms. The maximum absolute atomic E-state index is 5.88. The molecule has 0 aromatic heterocycles. The second-order valence-corrected chi connectivity index (χ2v) is 6.10. The lowest BCUT2D eigenvalue weighted by Crippen LogP contribution is -2.40. The fourth-order valence-electron chi connectivity index (χ4n) is 2.71. The molecule has 0 amide bonds. The first-order chi connectivity index (χ1) is 12.2. The van der Waals surface area contributed by atoms with E-state index in [2.05, 4.69) is 40.7 Å². The van der Waals surface area contributed by atoms with Gasteiger partial charge >= 0.3 is 0 Å². The summed E-state index contributed by atoms with van der Waals surface area (Å²) in [4.78, 5) is 4.28. The number of ether oxygens (including phenoxy) is 3. The lowest BCUT2D eigenvalue weighted by Gasteiger charge is -2.17. The molecule has 0 saturated carbocycles. The van der Waals surface area contributed by atoms with Crippen LogP contribution in [0.1, 0.15) is 30.9 Å². The number of benzene rings is 1. The molecule has 1 aromatic rings. The van der Waals surface area contributed by atoms with Crippen molar-refractivity contribution < 1.29 is 14.2 Å². The summed E-state index contributed by atoms with van der Waals surface area (Å²) >= 11 is 0. The summed E-state index contributed by atoms with van der Waals surface area (Å²) in [6, 6.07) is 6.24. The molecule has 1 aromatic carbocycles. The first kappa shape index (κ1) is 23.0. The average molecular weight is 477 g/mol. The summed E-state index contributed by atoms with van der Waals surface area (Å²) in [5, 5.41) is 6.67. The van der Waals surface area contributed by atoms with Crippen molar-refractivity contribution in [3.63, 3.8) is 0 Å². The van der Waals surface area contributed by atoms with Crippen molar-refractivity contribution in [2.24, 2.45) is 4.99 Å². The minimum atomic E-state index is 0. The summed E-state index contributed by atoms with van der Waals surface area (Å²) < 4.78 is 16.9. The van der Waals surface area contributed by atoms with Gasteiger partial charge in [-0.15, -0.1) is 24.0 Å². The SMILES string of the molecule is CCOCCOc1cc(C)ccc1CNC(=NC)NCC1CCCO1.I. The summed E-state index contributed by atoms with van der Waals surface area (Å²) in [7, 11) is 1.78. The largest absolute Gasteiger partial charge is 0.491 e. The van der Waals surface area contributed by atoms with E-state index in [9.17, 15) is 0 Å². The third-order valence-corrected chi connectivity index (χ3v) is 4.10. The molecule has 1 fully saturated rings. The zero-order chi connectivity index (χ0) is 17.9. The van der Waals surface area contributed by atoms with E-state index in [1.54, 1.807) is 7.05 Å². The van der Waals surface area contributed by atoms with E-state index in [1.807, 2.05) is 6.92 Å². The van der Waals surface area contributed by atoms with Gasteiger partial charge in [0.2, 0.25) is 0 Å². The van der Waals surface area contributed by atoms with Crippen LogP contribution in [0.5, 0.6) is 5.75 Å². The summed E-state index contributed by atoms with van der Waals surface area (Å²) in [6.45, 7) is 8.20. The Labute approximate surface area is 174 Å². The van der Waals surface area contributed by atoms with E-state index in [0.717, 1.165) is 43.3 Å². The van der Waals surface area contributed by atoms with Crippen LogP contribution in [0.4, 0.5) is 0 Å². The first-order valence-electron chi connectivity index (χ1n) is 9.09. The number of halogens is 1. The van der Waals surface area contributed by atoms with Gasteiger partial charge in [-0.3, -0.25) is 4.99 Å². The molecule has 148 valence electrons. The van der Waals surface area contributed by atoms with Crippen LogP contribution in [-0.2, 0) is 16.0 Å². The predicted molar refractivity (Wildman–Crippen MR) is 116 cm³/mol. The van der Waals surface area contributed by atoms with Gasteiger partial charge < -0.3 is 24.8 Å². The van der Waals surface area contributed by atoms with Crippen LogP contribution in [-0.4, -0.2) is 52.1 Å². The molecule has 0 aliphatic carbocycles. The van der Waals surface area contributed by atoms with Gasteiger partial charge in [0.15, 0.2) is 5.96 Å². The Bertz CT molecular complexity index is 549. The molecule has 1 saturated heterocycles. The molecule has 1 aliphatic rings. The Kier molecular flexibility index (Phi) is 11.6. The number of hydrogen-bond donors (Lipinski definition) is 2. The number of nitrogens with one attached hydrogen (secondary N) is 2.